The molecule has 0 aliphatic heterocycles. The number of nitrogens with two attached hydrogens (primary N) is 1. The second-order valence-corrected chi connectivity index (χ2v) is 6.76. The van der Waals surface area contributed by atoms with Crippen LogP contribution in [-0.2, 0) is 6.18 Å². The number of hydrogen-bond acceptors (Lipinski definition) is 3. The normalized spacial score (nSPS) is 16.3. The molecule has 2 aromatic rings. The van der Waals surface area contributed by atoms with E-state index >= 15 is 0 Å². The van der Waals surface area contributed by atoms with Crippen LogP contribution in [0.1, 0.15) is 54.4 Å². The van der Waals surface area contributed by atoms with Gasteiger partial charge in [0, 0.05) is 11.4 Å². The Morgan fingerprint density at radius 2 is 1.78 bits per heavy atom. The Morgan fingerprint density at radius 1 is 1.15 bits per heavy atom. The van der Waals surface area contributed by atoms with Gasteiger partial charge in [0.2, 0.25) is 5.88 Å². The monoisotopic (exact) mass is 383 g/mol. The average Bonchev–Trinajstić information content (AvgIpc) is 2.71. The smallest absolute Gasteiger partial charge is 0.416 e. The molecule has 1 aliphatic carbocycles. The number of nitrogens with zero attached hydrogens (tertiary/aromatic N) is 1. The third-order valence-electron chi connectivity index (χ3n) is 4.91. The molecule has 0 unspecified atom stereocenters. The first-order valence-corrected chi connectivity index (χ1v) is 8.75. The van der Waals surface area contributed by atoms with Crippen molar-refractivity contribution in [3.63, 3.8) is 0 Å². The topological polar surface area (TPSA) is 97.3 Å². The standard InChI is InChI=1S/C18H20F3N3O3/c19-18(20,21)10-7-8-12-13(9-10)24(17(22)27)16(26)14(12)15(25)23-11-5-3-1-2-4-6-11/h7-9,11,26H,1-6H2,(H2,22,27)(H,23,25). The van der Waals surface area contributed by atoms with Gasteiger partial charge in [-0.2, -0.15) is 13.2 Å². The van der Waals surface area contributed by atoms with E-state index < -0.39 is 29.6 Å². The maximum Gasteiger partial charge on any atom is 0.416 e. The fourth-order valence-corrected chi connectivity index (χ4v) is 3.58. The van der Waals surface area contributed by atoms with Crippen LogP contribution < -0.4 is 11.1 Å². The maximum atomic E-state index is 13.0. The fourth-order valence-electron chi connectivity index (χ4n) is 3.58. The number of fused-ring (bicyclic) bond motifs is 1. The number of halogens is 3. The number of carbonyl (C=O) groups is 2. The van der Waals surface area contributed by atoms with Crippen LogP contribution >= 0.6 is 0 Å². The van der Waals surface area contributed by atoms with Gasteiger partial charge >= 0.3 is 12.2 Å². The van der Waals surface area contributed by atoms with Crippen molar-refractivity contribution >= 4 is 22.8 Å². The van der Waals surface area contributed by atoms with E-state index in [0.717, 1.165) is 50.7 Å². The highest BCUT2D eigenvalue weighted by atomic mass is 19.4. The minimum atomic E-state index is -4.64. The molecule has 0 spiro atoms. The molecule has 3 rings (SSSR count). The van der Waals surface area contributed by atoms with Gasteiger partial charge in [0.25, 0.3) is 5.91 Å². The molecule has 1 aromatic carbocycles. The van der Waals surface area contributed by atoms with E-state index in [1.165, 1.54) is 0 Å². The van der Waals surface area contributed by atoms with Crippen LogP contribution in [0.2, 0.25) is 0 Å². The molecule has 6 nitrogen and oxygen atoms in total. The second-order valence-electron chi connectivity index (χ2n) is 6.76. The number of carbonyl (C=O) groups excluding carboxylic acids is 2. The number of alkyl halides is 3. The Bertz CT molecular complexity index is 881. The van der Waals surface area contributed by atoms with Crippen molar-refractivity contribution in [1.29, 1.82) is 0 Å². The van der Waals surface area contributed by atoms with E-state index in [4.69, 9.17) is 5.73 Å². The van der Waals surface area contributed by atoms with Crippen LogP contribution in [-0.4, -0.2) is 27.7 Å². The first-order valence-electron chi connectivity index (χ1n) is 8.75. The van der Waals surface area contributed by atoms with Crippen LogP contribution in [0.25, 0.3) is 10.9 Å². The molecular weight excluding hydrogens is 363 g/mol. The molecule has 2 amide bonds. The van der Waals surface area contributed by atoms with Gasteiger partial charge < -0.3 is 16.2 Å². The number of aromatic hydroxyl groups is 1. The van der Waals surface area contributed by atoms with Crippen molar-refractivity contribution in [1.82, 2.24) is 9.88 Å². The number of primary amides is 1. The highest BCUT2D eigenvalue weighted by Crippen LogP contribution is 2.36. The number of aromatic nitrogens is 1. The first-order chi connectivity index (χ1) is 12.7. The lowest BCUT2D eigenvalue weighted by atomic mass is 10.1. The Morgan fingerprint density at radius 3 is 2.33 bits per heavy atom. The molecular formula is C18H20F3N3O3. The molecule has 146 valence electrons. The van der Waals surface area contributed by atoms with E-state index in [2.05, 4.69) is 5.32 Å². The van der Waals surface area contributed by atoms with Crippen LogP contribution in [0.15, 0.2) is 18.2 Å². The molecule has 0 saturated heterocycles. The summed E-state index contributed by atoms with van der Waals surface area (Å²) < 4.78 is 39.5. The lowest BCUT2D eigenvalue weighted by molar-refractivity contribution is -0.137. The summed E-state index contributed by atoms with van der Waals surface area (Å²) in [6.45, 7) is 0. The Kier molecular flexibility index (Phi) is 5.03. The van der Waals surface area contributed by atoms with Gasteiger partial charge in [0.05, 0.1) is 11.1 Å². The second kappa shape index (κ2) is 7.13. The lowest BCUT2D eigenvalue weighted by Gasteiger charge is -2.16. The van der Waals surface area contributed by atoms with Gasteiger partial charge in [-0.05, 0) is 25.0 Å². The van der Waals surface area contributed by atoms with Crippen LogP contribution in [0, 0.1) is 0 Å². The molecule has 4 N–H and O–H groups in total. The third kappa shape index (κ3) is 3.72. The number of benzene rings is 1. The number of hydrogen-bond donors (Lipinski definition) is 3. The van der Waals surface area contributed by atoms with Crippen molar-refractivity contribution in [2.45, 2.75) is 50.7 Å². The molecule has 1 aromatic heterocycles. The van der Waals surface area contributed by atoms with Gasteiger partial charge in [-0.3, -0.25) is 4.79 Å². The third-order valence-corrected chi connectivity index (χ3v) is 4.91. The number of nitrogens with one attached hydrogen (secondary N) is 1. The number of rotatable bonds is 2. The van der Waals surface area contributed by atoms with Crippen molar-refractivity contribution in [3.8, 4) is 5.88 Å². The summed E-state index contributed by atoms with van der Waals surface area (Å²) in [7, 11) is 0. The Hall–Kier alpha value is -2.71. The summed E-state index contributed by atoms with van der Waals surface area (Å²) in [6.07, 6.45) is 1.04. The molecule has 9 heteroatoms. The highest BCUT2D eigenvalue weighted by molar-refractivity contribution is 6.12. The van der Waals surface area contributed by atoms with Crippen LogP contribution in [0.5, 0.6) is 5.88 Å². The van der Waals surface area contributed by atoms with E-state index in [0.29, 0.717) is 10.6 Å². The number of amides is 2. The zero-order valence-electron chi connectivity index (χ0n) is 14.5. The maximum absolute atomic E-state index is 13.0. The average molecular weight is 383 g/mol. The van der Waals surface area contributed by atoms with E-state index in [1.54, 1.807) is 0 Å². The summed E-state index contributed by atoms with van der Waals surface area (Å²) in [4.78, 5) is 24.4. The summed E-state index contributed by atoms with van der Waals surface area (Å²) in [5, 5.41) is 13.2. The molecule has 27 heavy (non-hydrogen) atoms. The minimum Gasteiger partial charge on any atom is -0.494 e. The van der Waals surface area contributed by atoms with E-state index in [9.17, 15) is 27.9 Å². The summed E-state index contributed by atoms with van der Waals surface area (Å²) >= 11 is 0. The van der Waals surface area contributed by atoms with Crippen LogP contribution in [0.4, 0.5) is 18.0 Å². The van der Waals surface area contributed by atoms with Gasteiger partial charge in [0.15, 0.2) is 0 Å². The zero-order valence-corrected chi connectivity index (χ0v) is 14.5. The van der Waals surface area contributed by atoms with Crippen LogP contribution in [0.3, 0.4) is 0 Å². The molecule has 1 saturated carbocycles. The minimum absolute atomic E-state index is 0.0328. The lowest BCUT2D eigenvalue weighted by Crippen LogP contribution is -2.34. The predicted molar refractivity (Wildman–Crippen MR) is 92.5 cm³/mol. The molecule has 0 radical (unpaired) electrons. The molecule has 1 aliphatic rings. The summed E-state index contributed by atoms with van der Waals surface area (Å²) in [6, 6.07) is 1.31. The summed E-state index contributed by atoms with van der Waals surface area (Å²) in [5.41, 5.74) is 3.69. The molecule has 0 bridgehead atoms. The SMILES string of the molecule is NC(=O)n1c(O)c(C(=O)NC2CCCCCC2)c2ccc(C(F)(F)F)cc21. The molecule has 1 heterocycles. The zero-order chi connectivity index (χ0) is 19.8. The van der Waals surface area contributed by atoms with Crippen molar-refractivity contribution in [2.24, 2.45) is 5.73 Å². The Balaban J connectivity index is 2.05. The Labute approximate surface area is 153 Å². The van der Waals surface area contributed by atoms with E-state index in [1.807, 2.05) is 0 Å². The fraction of sp³-hybridized carbons (Fsp3) is 0.444. The van der Waals surface area contributed by atoms with Gasteiger partial charge in [0.1, 0.15) is 5.56 Å². The first kappa shape index (κ1) is 19.1. The summed E-state index contributed by atoms with van der Waals surface area (Å²) in [5.74, 6) is -1.40. The van der Waals surface area contributed by atoms with Crippen molar-refractivity contribution < 1.29 is 27.9 Å². The van der Waals surface area contributed by atoms with Gasteiger partial charge in [-0.1, -0.05) is 31.7 Å². The molecule has 0 atom stereocenters. The van der Waals surface area contributed by atoms with Crippen molar-refractivity contribution in [3.05, 3.63) is 29.3 Å². The van der Waals surface area contributed by atoms with Crippen molar-refractivity contribution in [2.75, 3.05) is 0 Å². The largest absolute Gasteiger partial charge is 0.494 e. The quantitative estimate of drug-likeness (QED) is 0.689. The van der Waals surface area contributed by atoms with Gasteiger partial charge in [-0.15, -0.1) is 0 Å². The predicted octanol–water partition coefficient (Wildman–Crippen LogP) is 3.75. The van der Waals surface area contributed by atoms with E-state index in [-0.39, 0.29) is 22.5 Å². The van der Waals surface area contributed by atoms with Gasteiger partial charge in [-0.25, -0.2) is 9.36 Å². The highest BCUT2D eigenvalue weighted by Gasteiger charge is 2.33. The molecule has 1 fully saturated rings.